The van der Waals surface area contributed by atoms with Crippen LogP contribution in [0.15, 0.2) is 30.3 Å². The monoisotopic (exact) mass is 325 g/mol. The molecule has 0 radical (unpaired) electrons. The van der Waals surface area contributed by atoms with E-state index in [1.165, 1.54) is 0 Å². The maximum Gasteiger partial charge on any atom is 0.246 e. The normalized spacial score (nSPS) is 22.1. The molecule has 2 rings (SSSR count). The van der Waals surface area contributed by atoms with Gasteiger partial charge in [0.2, 0.25) is 11.8 Å². The summed E-state index contributed by atoms with van der Waals surface area (Å²) in [6.45, 7) is 4.63. The van der Waals surface area contributed by atoms with Gasteiger partial charge in [-0.1, -0.05) is 18.2 Å². The molecule has 0 aromatic heterocycles. The van der Waals surface area contributed by atoms with Crippen LogP contribution in [-0.4, -0.2) is 30.4 Å². The molecule has 6 heteroatoms. The molecule has 122 valence electrons. The number of hydrogen-bond donors (Lipinski definition) is 3. The van der Waals surface area contributed by atoms with Gasteiger partial charge in [-0.15, -0.1) is 12.4 Å². The molecule has 1 fully saturated rings. The van der Waals surface area contributed by atoms with E-state index < -0.39 is 6.04 Å². The molecular weight excluding hydrogens is 302 g/mol. The Hall–Kier alpha value is -1.59. The Morgan fingerprint density at radius 2 is 1.95 bits per heavy atom. The van der Waals surface area contributed by atoms with Crippen LogP contribution in [0.2, 0.25) is 0 Å². The van der Waals surface area contributed by atoms with Gasteiger partial charge >= 0.3 is 0 Å². The zero-order valence-electron chi connectivity index (χ0n) is 13.0. The van der Waals surface area contributed by atoms with Crippen molar-refractivity contribution in [2.45, 2.75) is 38.8 Å². The Labute approximate surface area is 137 Å². The molecule has 1 unspecified atom stereocenters. The van der Waals surface area contributed by atoms with E-state index in [1.54, 1.807) is 6.92 Å². The number of rotatable bonds is 4. The molecule has 3 atom stereocenters. The summed E-state index contributed by atoms with van der Waals surface area (Å²) in [5.41, 5.74) is 0.735. The zero-order valence-corrected chi connectivity index (χ0v) is 13.8. The predicted molar refractivity (Wildman–Crippen MR) is 90.1 cm³/mol. The fraction of sp³-hybridized carbons (Fsp3) is 0.500. The van der Waals surface area contributed by atoms with Crippen molar-refractivity contribution in [3.63, 3.8) is 0 Å². The van der Waals surface area contributed by atoms with Crippen molar-refractivity contribution >= 4 is 29.9 Å². The van der Waals surface area contributed by atoms with Crippen molar-refractivity contribution in [2.24, 2.45) is 5.92 Å². The minimum atomic E-state index is -0.539. The standard InChI is InChI=1S/C16H23N3O2.ClH/c1-11-10-13(8-9-17-11)16(21)18-12(2)15(20)19-14-6-4-3-5-7-14;/h3-7,11-13,17H,8-10H2,1-2H3,(H,18,21)(H,19,20);1H/t11-,12?,13-;/m0./s1. The van der Waals surface area contributed by atoms with E-state index in [1.807, 2.05) is 30.3 Å². The van der Waals surface area contributed by atoms with Crippen molar-refractivity contribution < 1.29 is 9.59 Å². The number of carbonyl (C=O) groups excluding carboxylic acids is 2. The lowest BCUT2D eigenvalue weighted by molar-refractivity contribution is -0.129. The number of halogens is 1. The van der Waals surface area contributed by atoms with E-state index in [2.05, 4.69) is 22.9 Å². The van der Waals surface area contributed by atoms with Gasteiger partial charge in [-0.3, -0.25) is 9.59 Å². The lowest BCUT2D eigenvalue weighted by Gasteiger charge is -2.28. The predicted octanol–water partition coefficient (Wildman–Crippen LogP) is 1.94. The first kappa shape index (κ1) is 18.5. The van der Waals surface area contributed by atoms with Crippen LogP contribution in [0, 0.1) is 5.92 Å². The molecule has 0 bridgehead atoms. The number of carbonyl (C=O) groups is 2. The second-order valence-electron chi connectivity index (χ2n) is 5.66. The molecule has 0 spiro atoms. The molecule has 1 aromatic carbocycles. The number of benzene rings is 1. The number of amides is 2. The summed E-state index contributed by atoms with van der Waals surface area (Å²) in [6.07, 6.45) is 1.64. The van der Waals surface area contributed by atoms with E-state index in [9.17, 15) is 9.59 Å². The van der Waals surface area contributed by atoms with Crippen LogP contribution in [0.5, 0.6) is 0 Å². The van der Waals surface area contributed by atoms with Gasteiger partial charge in [0.1, 0.15) is 6.04 Å². The van der Waals surface area contributed by atoms with Gasteiger partial charge in [0.05, 0.1) is 0 Å². The van der Waals surface area contributed by atoms with E-state index >= 15 is 0 Å². The van der Waals surface area contributed by atoms with E-state index in [0.29, 0.717) is 6.04 Å². The highest BCUT2D eigenvalue weighted by atomic mass is 35.5. The molecule has 3 N–H and O–H groups in total. The molecule has 22 heavy (non-hydrogen) atoms. The minimum absolute atomic E-state index is 0. The van der Waals surface area contributed by atoms with Crippen LogP contribution in [0.1, 0.15) is 26.7 Å². The van der Waals surface area contributed by atoms with Gasteiger partial charge in [0.25, 0.3) is 0 Å². The summed E-state index contributed by atoms with van der Waals surface area (Å²) < 4.78 is 0. The fourth-order valence-electron chi connectivity index (χ4n) is 2.54. The number of anilines is 1. The van der Waals surface area contributed by atoms with Crippen LogP contribution in [-0.2, 0) is 9.59 Å². The van der Waals surface area contributed by atoms with E-state index in [-0.39, 0.29) is 30.1 Å². The molecule has 0 saturated carbocycles. The average Bonchev–Trinajstić information content (AvgIpc) is 2.48. The second kappa shape index (κ2) is 8.76. The van der Waals surface area contributed by atoms with Crippen molar-refractivity contribution in [3.05, 3.63) is 30.3 Å². The number of piperidine rings is 1. The molecule has 5 nitrogen and oxygen atoms in total. The Kier molecular flexibility index (Phi) is 7.35. The zero-order chi connectivity index (χ0) is 15.2. The first-order valence-corrected chi connectivity index (χ1v) is 7.46. The van der Waals surface area contributed by atoms with Crippen molar-refractivity contribution in [1.29, 1.82) is 0 Å². The quantitative estimate of drug-likeness (QED) is 0.792. The highest BCUT2D eigenvalue weighted by Crippen LogP contribution is 2.16. The lowest BCUT2D eigenvalue weighted by Crippen LogP contribution is -2.47. The van der Waals surface area contributed by atoms with Crippen LogP contribution < -0.4 is 16.0 Å². The molecule has 1 aromatic rings. The van der Waals surface area contributed by atoms with Crippen molar-refractivity contribution in [2.75, 3.05) is 11.9 Å². The fourth-order valence-corrected chi connectivity index (χ4v) is 2.54. The Morgan fingerprint density at radius 3 is 2.59 bits per heavy atom. The van der Waals surface area contributed by atoms with Gasteiger partial charge in [0, 0.05) is 17.6 Å². The van der Waals surface area contributed by atoms with Crippen LogP contribution in [0.3, 0.4) is 0 Å². The summed E-state index contributed by atoms with van der Waals surface area (Å²) in [7, 11) is 0. The van der Waals surface area contributed by atoms with Gasteiger partial charge in [-0.2, -0.15) is 0 Å². The number of hydrogen-bond acceptors (Lipinski definition) is 3. The summed E-state index contributed by atoms with van der Waals surface area (Å²) in [5.74, 6) is -0.233. The molecule has 1 aliphatic heterocycles. The number of nitrogens with one attached hydrogen (secondary N) is 3. The minimum Gasteiger partial charge on any atom is -0.344 e. The van der Waals surface area contributed by atoms with E-state index in [4.69, 9.17) is 0 Å². The first-order chi connectivity index (χ1) is 10.1. The lowest BCUT2D eigenvalue weighted by atomic mass is 9.92. The molecule has 2 amide bonds. The van der Waals surface area contributed by atoms with Crippen LogP contribution in [0.4, 0.5) is 5.69 Å². The van der Waals surface area contributed by atoms with Crippen LogP contribution >= 0.6 is 12.4 Å². The Balaban J connectivity index is 0.00000242. The molecular formula is C16H24ClN3O2. The van der Waals surface area contributed by atoms with Crippen LogP contribution in [0.25, 0.3) is 0 Å². The summed E-state index contributed by atoms with van der Waals surface area (Å²) >= 11 is 0. The highest BCUT2D eigenvalue weighted by Gasteiger charge is 2.26. The third kappa shape index (κ3) is 5.31. The average molecular weight is 326 g/mol. The SMILES string of the molecule is CC(NC(=O)[C@H]1CCN[C@@H](C)C1)C(=O)Nc1ccccc1.Cl. The maximum absolute atomic E-state index is 12.2. The summed E-state index contributed by atoms with van der Waals surface area (Å²) in [5, 5.41) is 8.92. The number of para-hydroxylation sites is 1. The van der Waals surface area contributed by atoms with Gasteiger partial charge in [-0.25, -0.2) is 0 Å². The van der Waals surface area contributed by atoms with Crippen molar-refractivity contribution in [3.8, 4) is 0 Å². The molecule has 1 aliphatic rings. The third-order valence-electron chi connectivity index (χ3n) is 3.79. The van der Waals surface area contributed by atoms with Gasteiger partial charge < -0.3 is 16.0 Å². The van der Waals surface area contributed by atoms with Crippen molar-refractivity contribution in [1.82, 2.24) is 10.6 Å². The summed E-state index contributed by atoms with van der Waals surface area (Å²) in [4.78, 5) is 24.2. The second-order valence-corrected chi connectivity index (χ2v) is 5.66. The molecule has 0 aliphatic carbocycles. The van der Waals surface area contributed by atoms with Gasteiger partial charge in [0.15, 0.2) is 0 Å². The third-order valence-corrected chi connectivity index (χ3v) is 3.79. The largest absolute Gasteiger partial charge is 0.344 e. The molecule has 1 heterocycles. The smallest absolute Gasteiger partial charge is 0.246 e. The van der Waals surface area contributed by atoms with Gasteiger partial charge in [-0.05, 0) is 45.4 Å². The Morgan fingerprint density at radius 1 is 1.27 bits per heavy atom. The maximum atomic E-state index is 12.2. The van der Waals surface area contributed by atoms with E-state index in [0.717, 1.165) is 25.1 Å². The highest BCUT2D eigenvalue weighted by molar-refractivity contribution is 5.97. The summed E-state index contributed by atoms with van der Waals surface area (Å²) in [6, 6.07) is 9.05. The first-order valence-electron chi connectivity index (χ1n) is 7.46. The molecule has 1 saturated heterocycles. The topological polar surface area (TPSA) is 70.2 Å². The Bertz CT molecular complexity index is 495.